The summed E-state index contributed by atoms with van der Waals surface area (Å²) in [4.78, 5) is 10.9. The van der Waals surface area contributed by atoms with Crippen molar-refractivity contribution in [1.82, 2.24) is 0 Å². The summed E-state index contributed by atoms with van der Waals surface area (Å²) < 4.78 is 1.83. The topological polar surface area (TPSA) is 87.4 Å². The first-order valence-electron chi connectivity index (χ1n) is 5.36. The Morgan fingerprint density at radius 2 is 1.78 bits per heavy atom. The third-order valence-corrected chi connectivity index (χ3v) is 2.58. The van der Waals surface area contributed by atoms with Gasteiger partial charge in [-0.05, 0) is 18.2 Å². The number of carbonyl (C=O) groups is 1. The van der Waals surface area contributed by atoms with Crippen LogP contribution in [0.3, 0.4) is 0 Å². The fourth-order valence-corrected chi connectivity index (χ4v) is 1.61. The Balaban J connectivity index is 2.18. The van der Waals surface area contributed by atoms with Crippen molar-refractivity contribution in [3.05, 3.63) is 53.9 Å². The second-order valence-corrected chi connectivity index (χ2v) is 3.95. The van der Waals surface area contributed by atoms with Crippen molar-refractivity contribution in [3.63, 3.8) is 0 Å². The molecule has 0 fully saturated rings. The molecule has 92 valence electrons. The summed E-state index contributed by atoms with van der Waals surface area (Å²) in [7, 11) is 0. The van der Waals surface area contributed by atoms with Crippen LogP contribution >= 0.6 is 0 Å². The third-order valence-electron chi connectivity index (χ3n) is 2.58. The van der Waals surface area contributed by atoms with Crippen LogP contribution in [0.1, 0.15) is 15.9 Å². The van der Waals surface area contributed by atoms with Crippen LogP contribution in [0.15, 0.2) is 42.7 Å². The zero-order chi connectivity index (χ0) is 13.1. The number of amides is 1. The van der Waals surface area contributed by atoms with E-state index in [0.717, 1.165) is 5.56 Å². The van der Waals surface area contributed by atoms with E-state index < -0.39 is 5.91 Å². The first kappa shape index (κ1) is 11.9. The Morgan fingerprint density at radius 3 is 2.33 bits per heavy atom. The van der Waals surface area contributed by atoms with Crippen LogP contribution in [0.25, 0.3) is 0 Å². The summed E-state index contributed by atoms with van der Waals surface area (Å²) >= 11 is 0. The van der Waals surface area contributed by atoms with Crippen molar-refractivity contribution in [2.75, 3.05) is 0 Å². The molecular weight excluding hydrogens is 232 g/mol. The Bertz CT molecular complexity index is 579. The van der Waals surface area contributed by atoms with Gasteiger partial charge in [0.25, 0.3) is 0 Å². The number of carbonyl (C=O) groups excluding carboxylic acids is 1. The zero-order valence-electron chi connectivity index (χ0n) is 9.58. The van der Waals surface area contributed by atoms with Crippen molar-refractivity contribution in [2.45, 2.75) is 6.54 Å². The van der Waals surface area contributed by atoms with E-state index in [-0.39, 0.29) is 11.5 Å². The van der Waals surface area contributed by atoms with Crippen LogP contribution in [0, 0.1) is 0 Å². The molecule has 0 bridgehead atoms. The lowest BCUT2D eigenvalue weighted by Gasteiger charge is -2.01. The number of aromatic nitrogens is 1. The lowest BCUT2D eigenvalue weighted by molar-refractivity contribution is -0.688. The van der Waals surface area contributed by atoms with Gasteiger partial charge in [0.05, 0.1) is 5.56 Å². The van der Waals surface area contributed by atoms with Crippen LogP contribution in [0.2, 0.25) is 0 Å². The Hall–Kier alpha value is -2.56. The maximum atomic E-state index is 10.9. The van der Waals surface area contributed by atoms with Crippen LogP contribution in [0.4, 0.5) is 0 Å². The fourth-order valence-electron chi connectivity index (χ4n) is 1.61. The second-order valence-electron chi connectivity index (χ2n) is 3.95. The largest absolute Gasteiger partial charge is 0.504 e. The molecule has 0 saturated carbocycles. The van der Waals surface area contributed by atoms with E-state index in [2.05, 4.69) is 0 Å². The van der Waals surface area contributed by atoms with E-state index in [4.69, 9.17) is 5.73 Å². The number of primary amides is 1. The van der Waals surface area contributed by atoms with Gasteiger partial charge in [-0.1, -0.05) is 0 Å². The highest BCUT2D eigenvalue weighted by Crippen LogP contribution is 2.24. The van der Waals surface area contributed by atoms with Crippen LogP contribution in [0.5, 0.6) is 11.5 Å². The molecule has 1 heterocycles. The lowest BCUT2D eigenvalue weighted by atomic mass is 10.2. The third kappa shape index (κ3) is 2.57. The van der Waals surface area contributed by atoms with Crippen molar-refractivity contribution < 1.29 is 19.6 Å². The van der Waals surface area contributed by atoms with Gasteiger partial charge in [0, 0.05) is 17.7 Å². The van der Waals surface area contributed by atoms with Crippen LogP contribution < -0.4 is 10.3 Å². The minimum absolute atomic E-state index is 0.146. The molecule has 5 heteroatoms. The molecule has 0 radical (unpaired) electrons. The number of pyridine rings is 1. The van der Waals surface area contributed by atoms with Crippen molar-refractivity contribution >= 4 is 5.91 Å². The van der Waals surface area contributed by atoms with Crippen LogP contribution in [-0.2, 0) is 6.54 Å². The fraction of sp³-hybridized carbons (Fsp3) is 0.0769. The highest BCUT2D eigenvalue weighted by Gasteiger charge is 2.07. The van der Waals surface area contributed by atoms with Gasteiger partial charge in [-0.15, -0.1) is 0 Å². The molecule has 18 heavy (non-hydrogen) atoms. The summed E-state index contributed by atoms with van der Waals surface area (Å²) in [5.74, 6) is -0.765. The normalized spacial score (nSPS) is 10.2. The average molecular weight is 245 g/mol. The Kier molecular flexibility index (Phi) is 3.14. The van der Waals surface area contributed by atoms with E-state index in [1.54, 1.807) is 30.6 Å². The number of nitrogens with zero attached hydrogens (tertiary/aromatic N) is 1. The molecule has 5 nitrogen and oxygen atoms in total. The molecule has 0 aliphatic carbocycles. The smallest absolute Gasteiger partial charge is 0.249 e. The molecule has 0 aliphatic rings. The summed E-state index contributed by atoms with van der Waals surface area (Å²) in [6.45, 7) is 0.521. The number of hydrogen-bond acceptors (Lipinski definition) is 3. The number of phenolic OH excluding ortho intramolecular Hbond substituents is 2. The van der Waals surface area contributed by atoms with Gasteiger partial charge in [0.2, 0.25) is 5.91 Å². The number of benzene rings is 1. The standard InChI is InChI=1S/C13H12N2O3/c14-13(18)10-3-5-15(6-4-10)8-9-1-2-11(16)12(17)7-9/h1-7,18H,8,14H2/p+1. The van der Waals surface area contributed by atoms with E-state index in [0.29, 0.717) is 12.1 Å². The molecule has 0 unspecified atom stereocenters. The predicted molar refractivity (Wildman–Crippen MR) is 64.0 cm³/mol. The van der Waals surface area contributed by atoms with E-state index in [1.165, 1.54) is 12.1 Å². The first-order chi connectivity index (χ1) is 8.56. The number of nitrogens with two attached hydrogens (primary N) is 1. The quantitative estimate of drug-likeness (QED) is 0.544. The highest BCUT2D eigenvalue weighted by molar-refractivity contribution is 5.92. The van der Waals surface area contributed by atoms with E-state index >= 15 is 0 Å². The summed E-state index contributed by atoms with van der Waals surface area (Å²) in [6.07, 6.45) is 3.45. The molecule has 0 spiro atoms. The first-order valence-corrected chi connectivity index (χ1v) is 5.36. The van der Waals surface area contributed by atoms with Gasteiger partial charge in [-0.25, -0.2) is 4.57 Å². The number of rotatable bonds is 3. The summed E-state index contributed by atoms with van der Waals surface area (Å²) in [6, 6.07) is 7.89. The lowest BCUT2D eigenvalue weighted by Crippen LogP contribution is -2.33. The van der Waals surface area contributed by atoms with E-state index in [9.17, 15) is 15.0 Å². The molecule has 0 aliphatic heterocycles. The Labute approximate surface area is 104 Å². The molecule has 1 aromatic carbocycles. The molecule has 2 aromatic rings. The predicted octanol–water partition coefficient (Wildman–Crippen LogP) is 0.532. The van der Waals surface area contributed by atoms with Crippen molar-refractivity contribution in [2.24, 2.45) is 5.73 Å². The zero-order valence-corrected chi connectivity index (χ0v) is 9.58. The van der Waals surface area contributed by atoms with Gasteiger partial charge in [0.1, 0.15) is 0 Å². The average Bonchev–Trinajstić information content (AvgIpc) is 2.34. The minimum Gasteiger partial charge on any atom is -0.504 e. The Morgan fingerprint density at radius 1 is 1.11 bits per heavy atom. The van der Waals surface area contributed by atoms with Gasteiger partial charge < -0.3 is 15.9 Å². The molecule has 1 aromatic heterocycles. The summed E-state index contributed by atoms with van der Waals surface area (Å²) in [5, 5.41) is 18.6. The number of hydrogen-bond donors (Lipinski definition) is 3. The van der Waals surface area contributed by atoms with Crippen molar-refractivity contribution in [3.8, 4) is 11.5 Å². The summed E-state index contributed by atoms with van der Waals surface area (Å²) in [5.41, 5.74) is 6.42. The maximum Gasteiger partial charge on any atom is 0.249 e. The molecule has 2 rings (SSSR count). The SMILES string of the molecule is NC(=O)c1cc[n+](Cc2ccc(O)c(O)c2)cc1. The van der Waals surface area contributed by atoms with Gasteiger partial charge >= 0.3 is 0 Å². The van der Waals surface area contributed by atoms with Gasteiger partial charge in [-0.2, -0.15) is 0 Å². The second kappa shape index (κ2) is 4.75. The van der Waals surface area contributed by atoms with E-state index in [1.807, 2.05) is 4.57 Å². The number of phenols is 2. The molecular formula is C13H13N2O3+. The van der Waals surface area contributed by atoms with Gasteiger partial charge in [0.15, 0.2) is 30.4 Å². The minimum atomic E-state index is -0.468. The number of aromatic hydroxyl groups is 2. The van der Waals surface area contributed by atoms with Crippen molar-refractivity contribution in [1.29, 1.82) is 0 Å². The molecule has 4 N–H and O–H groups in total. The van der Waals surface area contributed by atoms with Crippen LogP contribution in [-0.4, -0.2) is 16.1 Å². The highest BCUT2D eigenvalue weighted by atomic mass is 16.3. The monoisotopic (exact) mass is 245 g/mol. The van der Waals surface area contributed by atoms with Gasteiger partial charge in [-0.3, -0.25) is 4.79 Å². The maximum absolute atomic E-state index is 10.9. The molecule has 1 amide bonds. The molecule has 0 atom stereocenters. The molecule has 0 saturated heterocycles.